The van der Waals surface area contributed by atoms with Crippen LogP contribution in [0.2, 0.25) is 5.02 Å². The summed E-state index contributed by atoms with van der Waals surface area (Å²) in [6, 6.07) is 20.1. The third kappa shape index (κ3) is 2.54. The van der Waals surface area contributed by atoms with Crippen LogP contribution in [0.4, 0.5) is 0 Å². The molecule has 5 heteroatoms. The van der Waals surface area contributed by atoms with Gasteiger partial charge in [-0.05, 0) is 24.3 Å². The SMILES string of the molecule is Clc1ccc([C@H]2Oc3ccccc3[C@H]3CC(c4cccnc4)=NN32)cc1. The number of hydrogen-bond donors (Lipinski definition) is 0. The number of pyridine rings is 1. The molecular weight excluding hydrogens is 346 g/mol. The maximum absolute atomic E-state index is 6.32. The van der Waals surface area contributed by atoms with Crippen LogP contribution < -0.4 is 4.74 Å². The Labute approximate surface area is 156 Å². The highest BCUT2D eigenvalue weighted by Gasteiger charge is 2.40. The van der Waals surface area contributed by atoms with Crippen molar-refractivity contribution >= 4 is 17.3 Å². The van der Waals surface area contributed by atoms with Gasteiger partial charge in [-0.25, -0.2) is 5.01 Å². The molecule has 2 atom stereocenters. The van der Waals surface area contributed by atoms with Gasteiger partial charge in [-0.2, -0.15) is 5.10 Å². The molecule has 0 aliphatic carbocycles. The molecule has 2 aliphatic rings. The van der Waals surface area contributed by atoms with Gasteiger partial charge in [0.2, 0.25) is 6.23 Å². The number of hydrogen-bond acceptors (Lipinski definition) is 4. The number of rotatable bonds is 2. The summed E-state index contributed by atoms with van der Waals surface area (Å²) in [4.78, 5) is 4.23. The average Bonchev–Trinajstić information content (AvgIpc) is 3.14. The van der Waals surface area contributed by atoms with Gasteiger partial charge in [-0.3, -0.25) is 4.98 Å². The first-order valence-corrected chi connectivity index (χ1v) is 8.95. The highest BCUT2D eigenvalue weighted by molar-refractivity contribution is 6.30. The van der Waals surface area contributed by atoms with Gasteiger partial charge < -0.3 is 4.74 Å². The molecule has 5 rings (SSSR count). The molecule has 0 fully saturated rings. The fraction of sp³-hybridized carbons (Fsp3) is 0.143. The smallest absolute Gasteiger partial charge is 0.213 e. The summed E-state index contributed by atoms with van der Waals surface area (Å²) in [6.45, 7) is 0. The molecule has 0 N–H and O–H groups in total. The lowest BCUT2D eigenvalue weighted by Gasteiger charge is -2.38. The number of benzene rings is 2. The summed E-state index contributed by atoms with van der Waals surface area (Å²) < 4.78 is 6.32. The summed E-state index contributed by atoms with van der Waals surface area (Å²) in [5, 5.41) is 7.69. The zero-order chi connectivity index (χ0) is 17.5. The first-order chi connectivity index (χ1) is 12.8. The van der Waals surface area contributed by atoms with Crippen LogP contribution in [0.3, 0.4) is 0 Å². The lowest BCUT2D eigenvalue weighted by Crippen LogP contribution is -2.33. The topological polar surface area (TPSA) is 37.7 Å². The van der Waals surface area contributed by atoms with Gasteiger partial charge in [0, 0.05) is 40.5 Å². The second-order valence-corrected chi connectivity index (χ2v) is 6.88. The zero-order valence-electron chi connectivity index (χ0n) is 13.9. The molecule has 3 aromatic rings. The van der Waals surface area contributed by atoms with Crippen molar-refractivity contribution in [2.24, 2.45) is 5.10 Å². The molecule has 3 heterocycles. The van der Waals surface area contributed by atoms with Crippen LogP contribution in [-0.2, 0) is 0 Å². The van der Waals surface area contributed by atoms with Gasteiger partial charge in [0.1, 0.15) is 5.75 Å². The van der Waals surface area contributed by atoms with Gasteiger partial charge in [-0.1, -0.05) is 48.0 Å². The van der Waals surface area contributed by atoms with E-state index >= 15 is 0 Å². The van der Waals surface area contributed by atoms with Gasteiger partial charge >= 0.3 is 0 Å². The van der Waals surface area contributed by atoms with Crippen molar-refractivity contribution in [2.45, 2.75) is 18.7 Å². The second kappa shape index (κ2) is 6.15. The Balaban J connectivity index is 1.60. The van der Waals surface area contributed by atoms with Crippen LogP contribution in [0.15, 0.2) is 78.2 Å². The molecule has 0 unspecified atom stereocenters. The summed E-state index contributed by atoms with van der Waals surface area (Å²) in [5.74, 6) is 0.913. The average molecular weight is 362 g/mol. The van der Waals surface area contributed by atoms with E-state index in [4.69, 9.17) is 21.4 Å². The van der Waals surface area contributed by atoms with Crippen LogP contribution in [0.1, 0.15) is 35.4 Å². The molecule has 0 bridgehead atoms. The number of aromatic nitrogens is 1. The summed E-state index contributed by atoms with van der Waals surface area (Å²) in [7, 11) is 0. The summed E-state index contributed by atoms with van der Waals surface area (Å²) in [6.07, 6.45) is 4.19. The molecule has 2 aromatic carbocycles. The number of para-hydroxylation sites is 1. The lowest BCUT2D eigenvalue weighted by atomic mass is 9.96. The molecule has 0 radical (unpaired) electrons. The van der Waals surface area contributed by atoms with E-state index in [0.717, 1.165) is 29.0 Å². The minimum absolute atomic E-state index is 0.149. The number of ether oxygens (including phenoxy) is 1. The Morgan fingerprint density at radius 3 is 2.65 bits per heavy atom. The van der Waals surface area contributed by atoms with Crippen LogP contribution in [-0.4, -0.2) is 15.7 Å². The van der Waals surface area contributed by atoms with Gasteiger partial charge in [-0.15, -0.1) is 0 Å². The predicted molar refractivity (Wildman–Crippen MR) is 101 cm³/mol. The molecule has 128 valence electrons. The zero-order valence-corrected chi connectivity index (χ0v) is 14.7. The Morgan fingerprint density at radius 2 is 1.85 bits per heavy atom. The van der Waals surface area contributed by atoms with E-state index < -0.39 is 0 Å². The monoisotopic (exact) mass is 361 g/mol. The van der Waals surface area contributed by atoms with E-state index in [1.165, 1.54) is 5.56 Å². The van der Waals surface area contributed by atoms with E-state index in [1.807, 2.05) is 60.8 Å². The Kier molecular flexibility index (Phi) is 3.64. The van der Waals surface area contributed by atoms with E-state index in [-0.39, 0.29) is 12.3 Å². The molecule has 2 aliphatic heterocycles. The quantitative estimate of drug-likeness (QED) is 0.646. The molecule has 0 amide bonds. The molecular formula is C21H16ClN3O. The molecule has 0 spiro atoms. The van der Waals surface area contributed by atoms with Crippen molar-refractivity contribution in [1.82, 2.24) is 9.99 Å². The van der Waals surface area contributed by atoms with E-state index in [2.05, 4.69) is 16.1 Å². The van der Waals surface area contributed by atoms with E-state index in [1.54, 1.807) is 6.20 Å². The Morgan fingerprint density at radius 1 is 1.00 bits per heavy atom. The predicted octanol–water partition coefficient (Wildman–Crippen LogP) is 4.98. The maximum Gasteiger partial charge on any atom is 0.213 e. The first-order valence-electron chi connectivity index (χ1n) is 8.57. The molecule has 4 nitrogen and oxygen atoms in total. The normalized spacial score (nSPS) is 20.8. The highest BCUT2D eigenvalue weighted by Crippen LogP contribution is 2.47. The van der Waals surface area contributed by atoms with Crippen molar-refractivity contribution in [3.63, 3.8) is 0 Å². The first kappa shape index (κ1) is 15.4. The second-order valence-electron chi connectivity index (χ2n) is 6.45. The fourth-order valence-corrected chi connectivity index (χ4v) is 3.72. The van der Waals surface area contributed by atoms with Crippen molar-refractivity contribution in [3.05, 3.63) is 94.8 Å². The van der Waals surface area contributed by atoms with Crippen molar-refractivity contribution in [2.75, 3.05) is 0 Å². The Bertz CT molecular complexity index is 972. The minimum Gasteiger partial charge on any atom is -0.464 e. The number of fused-ring (bicyclic) bond motifs is 3. The van der Waals surface area contributed by atoms with Gasteiger partial charge in [0.05, 0.1) is 11.8 Å². The minimum atomic E-state index is -0.277. The summed E-state index contributed by atoms with van der Waals surface area (Å²) in [5.41, 5.74) is 4.28. The third-order valence-electron chi connectivity index (χ3n) is 4.85. The van der Waals surface area contributed by atoms with Crippen LogP contribution in [0.25, 0.3) is 0 Å². The molecule has 0 saturated carbocycles. The van der Waals surface area contributed by atoms with Crippen LogP contribution >= 0.6 is 11.6 Å². The van der Waals surface area contributed by atoms with Crippen molar-refractivity contribution in [3.8, 4) is 5.75 Å². The van der Waals surface area contributed by atoms with Gasteiger partial charge in [0.25, 0.3) is 0 Å². The molecule has 26 heavy (non-hydrogen) atoms. The third-order valence-corrected chi connectivity index (χ3v) is 5.10. The number of nitrogens with zero attached hydrogens (tertiary/aromatic N) is 3. The molecule has 1 aromatic heterocycles. The largest absolute Gasteiger partial charge is 0.464 e. The standard InChI is InChI=1S/C21H16ClN3O/c22-16-9-7-14(8-10-16)21-25-19(17-5-1-2-6-20(17)26-21)12-18(24-25)15-4-3-11-23-13-15/h1-11,13,19,21H,12H2/t19-,21-/m1/s1. The van der Waals surface area contributed by atoms with Crippen molar-refractivity contribution in [1.29, 1.82) is 0 Å². The fourth-order valence-electron chi connectivity index (χ4n) is 3.59. The number of hydrazone groups is 1. The molecule has 0 saturated heterocycles. The Hall–Kier alpha value is -2.85. The van der Waals surface area contributed by atoms with Crippen LogP contribution in [0.5, 0.6) is 5.75 Å². The van der Waals surface area contributed by atoms with Crippen LogP contribution in [0, 0.1) is 0 Å². The van der Waals surface area contributed by atoms with E-state index in [0.29, 0.717) is 5.02 Å². The van der Waals surface area contributed by atoms with Crippen molar-refractivity contribution < 1.29 is 4.74 Å². The highest BCUT2D eigenvalue weighted by atomic mass is 35.5. The lowest BCUT2D eigenvalue weighted by molar-refractivity contribution is -0.0190. The number of halogens is 1. The summed E-state index contributed by atoms with van der Waals surface area (Å²) >= 11 is 6.06. The van der Waals surface area contributed by atoms with E-state index in [9.17, 15) is 0 Å². The maximum atomic E-state index is 6.32. The van der Waals surface area contributed by atoms with Gasteiger partial charge in [0.15, 0.2) is 0 Å².